The van der Waals surface area contributed by atoms with Crippen molar-refractivity contribution in [2.24, 2.45) is 11.7 Å². The van der Waals surface area contributed by atoms with Crippen molar-refractivity contribution in [2.75, 3.05) is 0 Å². The van der Waals surface area contributed by atoms with E-state index in [2.05, 4.69) is 5.32 Å². The Bertz CT molecular complexity index is 437. The van der Waals surface area contributed by atoms with Crippen LogP contribution in [0.5, 0.6) is 0 Å². The molecule has 0 radical (unpaired) electrons. The number of halogens is 1. The SMILES string of the molecule is CCCC(C(=O)NCc1cccc(F)c1)C(N)=S. The summed E-state index contributed by atoms with van der Waals surface area (Å²) in [6.45, 7) is 2.24. The largest absolute Gasteiger partial charge is 0.393 e. The summed E-state index contributed by atoms with van der Waals surface area (Å²) in [6.07, 6.45) is 1.46. The van der Waals surface area contributed by atoms with Crippen molar-refractivity contribution < 1.29 is 9.18 Å². The number of carbonyl (C=O) groups is 1. The van der Waals surface area contributed by atoms with Gasteiger partial charge in [0, 0.05) is 6.54 Å². The maximum Gasteiger partial charge on any atom is 0.230 e. The zero-order valence-electron chi connectivity index (χ0n) is 10.3. The number of benzene rings is 1. The van der Waals surface area contributed by atoms with Crippen LogP contribution in [0.3, 0.4) is 0 Å². The highest BCUT2D eigenvalue weighted by Gasteiger charge is 2.19. The van der Waals surface area contributed by atoms with Crippen LogP contribution in [0.2, 0.25) is 0 Å². The van der Waals surface area contributed by atoms with Gasteiger partial charge in [-0.3, -0.25) is 4.79 Å². The van der Waals surface area contributed by atoms with Crippen molar-refractivity contribution >= 4 is 23.1 Å². The standard InChI is InChI=1S/C13H17FN2OS/c1-2-4-11(12(15)18)13(17)16-8-9-5-3-6-10(14)7-9/h3,5-7,11H,2,4,8H2,1H3,(H2,15,18)(H,16,17). The first-order chi connectivity index (χ1) is 8.54. The molecule has 1 rings (SSSR count). The number of rotatable bonds is 6. The molecule has 0 aliphatic rings. The molecule has 0 aliphatic carbocycles. The molecule has 18 heavy (non-hydrogen) atoms. The molecule has 1 amide bonds. The van der Waals surface area contributed by atoms with Crippen molar-refractivity contribution in [3.63, 3.8) is 0 Å². The molecule has 1 atom stereocenters. The van der Waals surface area contributed by atoms with Gasteiger partial charge >= 0.3 is 0 Å². The van der Waals surface area contributed by atoms with Gasteiger partial charge < -0.3 is 11.1 Å². The lowest BCUT2D eigenvalue weighted by Crippen LogP contribution is -2.37. The Balaban J connectivity index is 2.56. The van der Waals surface area contributed by atoms with E-state index in [1.54, 1.807) is 12.1 Å². The van der Waals surface area contributed by atoms with Gasteiger partial charge in [-0.15, -0.1) is 0 Å². The summed E-state index contributed by atoms with van der Waals surface area (Å²) < 4.78 is 12.9. The van der Waals surface area contributed by atoms with E-state index in [1.165, 1.54) is 12.1 Å². The molecule has 0 bridgehead atoms. The molecule has 98 valence electrons. The number of hydrogen-bond donors (Lipinski definition) is 2. The fraction of sp³-hybridized carbons (Fsp3) is 0.385. The molecule has 0 aliphatic heterocycles. The molecule has 5 heteroatoms. The molecule has 0 fully saturated rings. The van der Waals surface area contributed by atoms with Crippen LogP contribution in [-0.2, 0) is 11.3 Å². The Morgan fingerprint density at radius 3 is 2.83 bits per heavy atom. The number of nitrogens with one attached hydrogen (secondary N) is 1. The molecule has 0 saturated carbocycles. The van der Waals surface area contributed by atoms with Crippen LogP contribution < -0.4 is 11.1 Å². The van der Waals surface area contributed by atoms with Crippen LogP contribution in [0.25, 0.3) is 0 Å². The number of hydrogen-bond acceptors (Lipinski definition) is 2. The average Bonchev–Trinajstić information content (AvgIpc) is 2.32. The topological polar surface area (TPSA) is 55.1 Å². The fourth-order valence-electron chi connectivity index (χ4n) is 1.65. The highest BCUT2D eigenvalue weighted by atomic mass is 32.1. The van der Waals surface area contributed by atoms with Gasteiger partial charge in [0.2, 0.25) is 5.91 Å². The Morgan fingerprint density at radius 2 is 2.28 bits per heavy atom. The maximum atomic E-state index is 12.9. The monoisotopic (exact) mass is 268 g/mol. The van der Waals surface area contributed by atoms with Crippen LogP contribution in [0.15, 0.2) is 24.3 Å². The Labute approximate surface area is 112 Å². The Hall–Kier alpha value is -1.49. The van der Waals surface area contributed by atoms with Crippen LogP contribution in [0, 0.1) is 11.7 Å². The van der Waals surface area contributed by atoms with E-state index >= 15 is 0 Å². The molecule has 0 spiro atoms. The van der Waals surface area contributed by atoms with E-state index < -0.39 is 5.92 Å². The first-order valence-electron chi connectivity index (χ1n) is 5.86. The van der Waals surface area contributed by atoms with Crippen molar-refractivity contribution in [3.8, 4) is 0 Å². The second kappa shape index (κ2) is 7.06. The van der Waals surface area contributed by atoms with Gasteiger partial charge in [-0.05, 0) is 24.1 Å². The third-order valence-electron chi connectivity index (χ3n) is 2.59. The molecular weight excluding hydrogens is 251 g/mol. The third kappa shape index (κ3) is 4.41. The lowest BCUT2D eigenvalue weighted by atomic mass is 10.0. The summed E-state index contributed by atoms with van der Waals surface area (Å²) in [4.78, 5) is 12.1. The molecular formula is C13H17FN2OS. The Kier molecular flexibility index (Phi) is 5.71. The number of thiocarbonyl (C=S) groups is 1. The first kappa shape index (κ1) is 14.6. The molecule has 0 saturated heterocycles. The van der Waals surface area contributed by atoms with Gasteiger partial charge in [0.1, 0.15) is 5.82 Å². The summed E-state index contributed by atoms with van der Waals surface area (Å²) >= 11 is 4.87. The second-order valence-corrected chi connectivity index (χ2v) is 4.56. The van der Waals surface area contributed by atoms with E-state index in [4.69, 9.17) is 18.0 Å². The van der Waals surface area contributed by atoms with Crippen LogP contribution >= 0.6 is 12.2 Å². The van der Waals surface area contributed by atoms with E-state index in [9.17, 15) is 9.18 Å². The van der Waals surface area contributed by atoms with E-state index in [-0.39, 0.29) is 23.3 Å². The third-order valence-corrected chi connectivity index (χ3v) is 2.88. The first-order valence-corrected chi connectivity index (χ1v) is 6.27. The summed E-state index contributed by atoms with van der Waals surface area (Å²) in [7, 11) is 0. The minimum Gasteiger partial charge on any atom is -0.393 e. The lowest BCUT2D eigenvalue weighted by molar-refractivity contribution is -0.123. The van der Waals surface area contributed by atoms with Crippen LogP contribution in [-0.4, -0.2) is 10.9 Å². The molecule has 0 heterocycles. The summed E-state index contributed by atoms with van der Waals surface area (Å²) in [6, 6.07) is 6.10. The highest BCUT2D eigenvalue weighted by Crippen LogP contribution is 2.08. The molecule has 1 aromatic carbocycles. The average molecular weight is 268 g/mol. The zero-order valence-corrected chi connectivity index (χ0v) is 11.1. The highest BCUT2D eigenvalue weighted by molar-refractivity contribution is 7.80. The van der Waals surface area contributed by atoms with Crippen molar-refractivity contribution in [1.82, 2.24) is 5.32 Å². The van der Waals surface area contributed by atoms with Gasteiger partial charge in [-0.25, -0.2) is 4.39 Å². The Morgan fingerprint density at radius 1 is 1.56 bits per heavy atom. The smallest absolute Gasteiger partial charge is 0.230 e. The van der Waals surface area contributed by atoms with Crippen LogP contribution in [0.1, 0.15) is 25.3 Å². The van der Waals surface area contributed by atoms with Crippen molar-refractivity contribution in [1.29, 1.82) is 0 Å². The van der Waals surface area contributed by atoms with E-state index in [1.807, 2.05) is 6.92 Å². The van der Waals surface area contributed by atoms with Gasteiger partial charge in [0.05, 0.1) is 10.9 Å². The zero-order chi connectivity index (χ0) is 13.5. The quantitative estimate of drug-likeness (QED) is 0.777. The fourth-order valence-corrected chi connectivity index (χ4v) is 1.88. The molecule has 0 aromatic heterocycles. The number of nitrogens with two attached hydrogens (primary N) is 1. The lowest BCUT2D eigenvalue weighted by Gasteiger charge is -2.14. The predicted octanol–water partition coefficient (Wildman–Crippen LogP) is 2.14. The van der Waals surface area contributed by atoms with Crippen molar-refractivity contribution in [2.45, 2.75) is 26.3 Å². The van der Waals surface area contributed by atoms with E-state index in [0.717, 1.165) is 6.42 Å². The van der Waals surface area contributed by atoms with Crippen LogP contribution in [0.4, 0.5) is 4.39 Å². The van der Waals surface area contributed by atoms with Crippen molar-refractivity contribution in [3.05, 3.63) is 35.6 Å². The van der Waals surface area contributed by atoms with Gasteiger partial charge in [0.25, 0.3) is 0 Å². The van der Waals surface area contributed by atoms with Gasteiger partial charge in [-0.1, -0.05) is 37.7 Å². The minimum atomic E-state index is -0.446. The maximum absolute atomic E-state index is 12.9. The predicted molar refractivity (Wildman–Crippen MR) is 73.4 cm³/mol. The molecule has 1 unspecified atom stereocenters. The van der Waals surface area contributed by atoms with Gasteiger partial charge in [0.15, 0.2) is 0 Å². The molecule has 1 aromatic rings. The number of amides is 1. The molecule has 3 N–H and O–H groups in total. The second-order valence-electron chi connectivity index (χ2n) is 4.09. The van der Waals surface area contributed by atoms with Gasteiger partial charge in [-0.2, -0.15) is 0 Å². The normalized spacial score (nSPS) is 11.9. The summed E-state index contributed by atoms with van der Waals surface area (Å²) in [5, 5.41) is 2.72. The minimum absolute atomic E-state index is 0.200. The number of carbonyl (C=O) groups excluding carboxylic acids is 1. The van der Waals surface area contributed by atoms with E-state index in [0.29, 0.717) is 12.0 Å². The molecule has 3 nitrogen and oxygen atoms in total. The summed E-state index contributed by atoms with van der Waals surface area (Å²) in [5.74, 6) is -0.964. The summed E-state index contributed by atoms with van der Waals surface area (Å²) in [5.41, 5.74) is 6.24.